The van der Waals surface area contributed by atoms with Crippen LogP contribution in [0.3, 0.4) is 0 Å². The molecule has 0 fully saturated rings. The smallest absolute Gasteiger partial charge is 0.265 e. The Morgan fingerprint density at radius 2 is 2.35 bits per heavy atom. The van der Waals surface area contributed by atoms with Gasteiger partial charge in [-0.2, -0.15) is 0 Å². The molecule has 0 aliphatic carbocycles. The summed E-state index contributed by atoms with van der Waals surface area (Å²) in [6.45, 7) is 6.43. The van der Waals surface area contributed by atoms with Crippen molar-refractivity contribution in [3.63, 3.8) is 0 Å². The lowest BCUT2D eigenvalue weighted by Crippen LogP contribution is -2.39. The van der Waals surface area contributed by atoms with Gasteiger partial charge in [0.05, 0.1) is 5.69 Å². The SMILES string of the molecule is C=CCN1C(=O)COc2ccc(C(N)CCCC)cc21. The van der Waals surface area contributed by atoms with Crippen LogP contribution in [0.25, 0.3) is 0 Å². The Hall–Kier alpha value is -1.81. The van der Waals surface area contributed by atoms with Gasteiger partial charge < -0.3 is 15.4 Å². The number of carbonyl (C=O) groups is 1. The van der Waals surface area contributed by atoms with Crippen LogP contribution < -0.4 is 15.4 Å². The third kappa shape index (κ3) is 3.02. The van der Waals surface area contributed by atoms with Crippen LogP contribution in [0.4, 0.5) is 5.69 Å². The molecule has 0 bridgehead atoms. The molecule has 0 radical (unpaired) electrons. The standard InChI is InChI=1S/C16H22N2O2/c1-3-5-6-13(17)12-7-8-15-14(10-12)18(9-4-2)16(19)11-20-15/h4,7-8,10,13H,2-3,5-6,9,11,17H2,1H3. The Morgan fingerprint density at radius 3 is 3.05 bits per heavy atom. The zero-order valence-electron chi connectivity index (χ0n) is 12.0. The number of anilines is 1. The predicted molar refractivity (Wildman–Crippen MR) is 80.9 cm³/mol. The van der Waals surface area contributed by atoms with Gasteiger partial charge >= 0.3 is 0 Å². The van der Waals surface area contributed by atoms with Gasteiger partial charge in [-0.1, -0.05) is 31.9 Å². The van der Waals surface area contributed by atoms with Gasteiger partial charge in [0.2, 0.25) is 0 Å². The number of ether oxygens (including phenoxy) is 1. The number of carbonyl (C=O) groups excluding carboxylic acids is 1. The van der Waals surface area contributed by atoms with Crippen molar-refractivity contribution in [2.45, 2.75) is 32.2 Å². The minimum absolute atomic E-state index is 0.00265. The number of fused-ring (bicyclic) bond motifs is 1. The van der Waals surface area contributed by atoms with Gasteiger partial charge in [-0.3, -0.25) is 4.79 Å². The van der Waals surface area contributed by atoms with Crippen LogP contribution in [0, 0.1) is 0 Å². The Bertz CT molecular complexity index is 499. The van der Waals surface area contributed by atoms with Crippen molar-refractivity contribution in [3.8, 4) is 5.75 Å². The summed E-state index contributed by atoms with van der Waals surface area (Å²) in [6.07, 6.45) is 4.90. The van der Waals surface area contributed by atoms with Crippen LogP contribution in [0.15, 0.2) is 30.9 Å². The zero-order valence-corrected chi connectivity index (χ0v) is 12.0. The maximum absolute atomic E-state index is 11.9. The molecule has 1 atom stereocenters. The van der Waals surface area contributed by atoms with E-state index in [9.17, 15) is 4.79 Å². The van der Waals surface area contributed by atoms with Crippen molar-refractivity contribution in [1.29, 1.82) is 0 Å². The number of unbranched alkanes of at least 4 members (excludes halogenated alkanes) is 1. The molecule has 1 aromatic carbocycles. The van der Waals surface area contributed by atoms with E-state index in [1.807, 2.05) is 18.2 Å². The lowest BCUT2D eigenvalue weighted by Gasteiger charge is -2.29. The van der Waals surface area contributed by atoms with Crippen LogP contribution in [0.2, 0.25) is 0 Å². The zero-order chi connectivity index (χ0) is 14.5. The van der Waals surface area contributed by atoms with E-state index in [4.69, 9.17) is 10.5 Å². The summed E-state index contributed by atoms with van der Waals surface area (Å²) in [5.41, 5.74) is 8.05. The molecule has 20 heavy (non-hydrogen) atoms. The number of amides is 1. The number of nitrogens with two attached hydrogens (primary N) is 1. The highest BCUT2D eigenvalue weighted by Crippen LogP contribution is 2.34. The van der Waals surface area contributed by atoms with Crippen molar-refractivity contribution < 1.29 is 9.53 Å². The molecule has 1 heterocycles. The second-order valence-corrected chi connectivity index (χ2v) is 5.06. The van der Waals surface area contributed by atoms with Crippen molar-refractivity contribution in [2.75, 3.05) is 18.1 Å². The monoisotopic (exact) mass is 274 g/mol. The highest BCUT2D eigenvalue weighted by molar-refractivity contribution is 5.98. The van der Waals surface area contributed by atoms with Crippen molar-refractivity contribution in [1.82, 2.24) is 0 Å². The summed E-state index contributed by atoms with van der Waals surface area (Å²) in [7, 11) is 0. The molecule has 1 unspecified atom stereocenters. The van der Waals surface area contributed by atoms with Crippen LogP contribution in [-0.2, 0) is 4.79 Å². The fourth-order valence-electron chi connectivity index (χ4n) is 2.37. The fraction of sp³-hybridized carbons (Fsp3) is 0.438. The molecule has 2 N–H and O–H groups in total. The Balaban J connectivity index is 2.27. The molecule has 1 aliphatic heterocycles. The van der Waals surface area contributed by atoms with Crippen molar-refractivity contribution in [2.24, 2.45) is 5.73 Å². The molecule has 108 valence electrons. The Labute approximate surface area is 120 Å². The molecule has 1 amide bonds. The predicted octanol–water partition coefficient (Wildman–Crippen LogP) is 2.79. The van der Waals surface area contributed by atoms with Gasteiger partial charge in [-0.15, -0.1) is 6.58 Å². The van der Waals surface area contributed by atoms with Gasteiger partial charge in [-0.05, 0) is 24.1 Å². The summed E-state index contributed by atoms with van der Waals surface area (Å²) in [4.78, 5) is 13.6. The first-order valence-corrected chi connectivity index (χ1v) is 7.11. The van der Waals surface area contributed by atoms with E-state index in [0.29, 0.717) is 6.54 Å². The molecular formula is C16H22N2O2. The number of hydrogen-bond donors (Lipinski definition) is 1. The molecule has 2 rings (SSSR count). The van der Waals surface area contributed by atoms with Gasteiger partial charge in [0, 0.05) is 12.6 Å². The van der Waals surface area contributed by atoms with E-state index >= 15 is 0 Å². The van der Waals surface area contributed by atoms with E-state index in [1.165, 1.54) is 0 Å². The highest BCUT2D eigenvalue weighted by atomic mass is 16.5. The largest absolute Gasteiger partial charge is 0.482 e. The van der Waals surface area contributed by atoms with E-state index < -0.39 is 0 Å². The van der Waals surface area contributed by atoms with Gasteiger partial charge in [0.15, 0.2) is 6.61 Å². The first-order valence-electron chi connectivity index (χ1n) is 7.11. The normalized spacial score (nSPS) is 15.5. The molecule has 1 aromatic rings. The third-order valence-electron chi connectivity index (χ3n) is 3.53. The van der Waals surface area contributed by atoms with Gasteiger partial charge in [0.25, 0.3) is 5.91 Å². The average Bonchev–Trinajstić information content (AvgIpc) is 2.47. The van der Waals surface area contributed by atoms with Crippen molar-refractivity contribution >= 4 is 11.6 Å². The van der Waals surface area contributed by atoms with E-state index in [-0.39, 0.29) is 18.6 Å². The van der Waals surface area contributed by atoms with Crippen LogP contribution in [0.1, 0.15) is 37.8 Å². The second kappa shape index (κ2) is 6.57. The topological polar surface area (TPSA) is 55.6 Å². The second-order valence-electron chi connectivity index (χ2n) is 5.06. The van der Waals surface area contributed by atoms with Crippen LogP contribution in [-0.4, -0.2) is 19.1 Å². The Kier molecular flexibility index (Phi) is 4.79. The quantitative estimate of drug-likeness (QED) is 0.812. The summed E-state index contributed by atoms with van der Waals surface area (Å²) >= 11 is 0. The minimum Gasteiger partial charge on any atom is -0.482 e. The number of hydrogen-bond acceptors (Lipinski definition) is 3. The first kappa shape index (κ1) is 14.6. The first-order chi connectivity index (χ1) is 9.67. The lowest BCUT2D eigenvalue weighted by atomic mass is 10.0. The molecule has 4 nitrogen and oxygen atoms in total. The van der Waals surface area contributed by atoms with Gasteiger partial charge in [-0.25, -0.2) is 0 Å². The number of nitrogens with zero attached hydrogens (tertiary/aromatic N) is 1. The third-order valence-corrected chi connectivity index (χ3v) is 3.53. The van der Waals surface area contributed by atoms with Crippen molar-refractivity contribution in [3.05, 3.63) is 36.4 Å². The fourth-order valence-corrected chi connectivity index (χ4v) is 2.37. The highest BCUT2D eigenvalue weighted by Gasteiger charge is 2.25. The van der Waals surface area contributed by atoms with E-state index in [2.05, 4.69) is 13.5 Å². The summed E-state index contributed by atoms with van der Waals surface area (Å²) in [6, 6.07) is 5.86. The summed E-state index contributed by atoms with van der Waals surface area (Å²) in [5, 5.41) is 0. The molecule has 4 heteroatoms. The Morgan fingerprint density at radius 1 is 1.55 bits per heavy atom. The van der Waals surface area contributed by atoms with E-state index in [1.54, 1.807) is 11.0 Å². The maximum atomic E-state index is 11.9. The van der Waals surface area contributed by atoms with Crippen LogP contribution >= 0.6 is 0 Å². The average molecular weight is 274 g/mol. The molecule has 0 spiro atoms. The number of rotatable bonds is 6. The lowest BCUT2D eigenvalue weighted by molar-refractivity contribution is -0.121. The molecular weight excluding hydrogens is 252 g/mol. The summed E-state index contributed by atoms with van der Waals surface area (Å²) in [5.74, 6) is 0.689. The molecule has 1 aliphatic rings. The molecule has 0 saturated carbocycles. The summed E-state index contributed by atoms with van der Waals surface area (Å²) < 4.78 is 5.46. The minimum atomic E-state index is -0.0447. The van der Waals surface area contributed by atoms with Crippen LogP contribution in [0.5, 0.6) is 5.75 Å². The molecule has 0 saturated heterocycles. The van der Waals surface area contributed by atoms with Gasteiger partial charge in [0.1, 0.15) is 5.75 Å². The van der Waals surface area contributed by atoms with E-state index in [0.717, 1.165) is 36.3 Å². The maximum Gasteiger partial charge on any atom is 0.265 e. The molecule has 0 aromatic heterocycles. The number of benzene rings is 1.